The van der Waals surface area contributed by atoms with E-state index in [4.69, 9.17) is 9.73 Å². The number of nitrogens with one attached hydrogen (secondary N) is 2. The van der Waals surface area contributed by atoms with E-state index >= 15 is 0 Å². The first-order valence-electron chi connectivity index (χ1n) is 12.7. The second-order valence-electron chi connectivity index (χ2n) is 10.4. The molecule has 0 saturated heterocycles. The van der Waals surface area contributed by atoms with Gasteiger partial charge in [0.25, 0.3) is 0 Å². The molecule has 0 atom stereocenters. The summed E-state index contributed by atoms with van der Waals surface area (Å²) in [7, 11) is 1.67. The second-order valence-corrected chi connectivity index (χ2v) is 12.0. The van der Waals surface area contributed by atoms with Crippen molar-refractivity contribution in [3.63, 3.8) is 0 Å². The number of carbonyl (C=O) groups is 1. The topological polar surface area (TPSA) is 83.0 Å². The summed E-state index contributed by atoms with van der Waals surface area (Å²) in [5.41, 5.74) is 2.14. The van der Waals surface area contributed by atoms with Gasteiger partial charge in [0.2, 0.25) is 0 Å². The fraction of sp³-hybridized carbons (Fsp3) is 0.500. The zero-order valence-corrected chi connectivity index (χ0v) is 21.2. The monoisotopic (exact) mass is 493 g/mol. The maximum Gasteiger partial charge on any atom is 0.335 e. The summed E-state index contributed by atoms with van der Waals surface area (Å²) in [5, 5.41) is 16.0. The van der Waals surface area contributed by atoms with Gasteiger partial charge in [-0.15, -0.1) is 0 Å². The highest BCUT2D eigenvalue weighted by Gasteiger charge is 2.50. The van der Waals surface area contributed by atoms with E-state index < -0.39 is 5.97 Å². The molecule has 4 saturated carbocycles. The molecule has 4 bridgehead atoms. The number of anilines is 1. The smallest absolute Gasteiger partial charge is 0.335 e. The predicted molar refractivity (Wildman–Crippen MR) is 143 cm³/mol. The summed E-state index contributed by atoms with van der Waals surface area (Å²) in [6.07, 6.45) is 8.66. The van der Waals surface area contributed by atoms with Crippen molar-refractivity contribution in [3.8, 4) is 5.75 Å². The zero-order chi connectivity index (χ0) is 24.3. The van der Waals surface area contributed by atoms with E-state index in [0.29, 0.717) is 17.3 Å². The summed E-state index contributed by atoms with van der Waals surface area (Å²) in [6.45, 7) is 1.35. The van der Waals surface area contributed by atoms with Crippen molar-refractivity contribution in [2.45, 2.75) is 49.8 Å². The molecule has 0 aliphatic heterocycles. The van der Waals surface area contributed by atoms with Crippen molar-refractivity contribution >= 4 is 29.4 Å². The Hall–Kier alpha value is -2.67. The van der Waals surface area contributed by atoms with Crippen LogP contribution in [-0.4, -0.2) is 41.2 Å². The standard InChI is InChI=1S/C28H35N3O3S/c1-34-25-4-2-3-19(14-25)18-30-27(31-24-7-5-23(6-8-24)26(32)33)29-9-10-35-28-15-20-11-21(16-28)13-22(12-20)17-28/h2-8,14,20-22H,9-13,15-18H2,1H3,(H,32,33)(H2,29,30,31). The van der Waals surface area contributed by atoms with E-state index in [9.17, 15) is 9.90 Å². The molecular formula is C28H35N3O3S. The molecular weight excluding hydrogens is 458 g/mol. The number of carboxylic acids is 1. The maximum absolute atomic E-state index is 11.2. The molecule has 2 aromatic carbocycles. The number of benzene rings is 2. The average molecular weight is 494 g/mol. The van der Waals surface area contributed by atoms with Gasteiger partial charge in [-0.3, -0.25) is 0 Å². The van der Waals surface area contributed by atoms with Crippen LogP contribution in [0.3, 0.4) is 0 Å². The SMILES string of the molecule is COc1cccc(CN=C(NCCSC23CC4CC(CC(C4)C2)C3)Nc2ccc(C(=O)O)cc2)c1. The number of thioether (sulfide) groups is 1. The average Bonchev–Trinajstić information content (AvgIpc) is 2.84. The molecule has 4 fully saturated rings. The van der Waals surface area contributed by atoms with E-state index in [1.807, 2.05) is 24.3 Å². The molecule has 0 aromatic heterocycles. The molecule has 2 aromatic rings. The van der Waals surface area contributed by atoms with E-state index in [2.05, 4.69) is 22.4 Å². The Bertz CT molecular complexity index is 1030. The lowest BCUT2D eigenvalue weighted by Crippen LogP contribution is -2.49. The van der Waals surface area contributed by atoms with Crippen LogP contribution in [0.2, 0.25) is 0 Å². The predicted octanol–water partition coefficient (Wildman–Crippen LogP) is 5.65. The van der Waals surface area contributed by atoms with Gasteiger partial charge in [0, 0.05) is 22.7 Å². The highest BCUT2D eigenvalue weighted by atomic mass is 32.2. The first-order chi connectivity index (χ1) is 17.0. The number of rotatable bonds is 9. The van der Waals surface area contributed by atoms with Crippen LogP contribution in [0.1, 0.15) is 54.4 Å². The first kappa shape index (κ1) is 24.0. The molecule has 6 rings (SSSR count). The Labute approximate surface area is 211 Å². The zero-order valence-electron chi connectivity index (χ0n) is 20.3. The summed E-state index contributed by atoms with van der Waals surface area (Å²) in [4.78, 5) is 16.0. The van der Waals surface area contributed by atoms with Crippen LogP contribution in [0.4, 0.5) is 5.69 Å². The number of aliphatic imine (C=N–C) groups is 1. The van der Waals surface area contributed by atoms with Crippen LogP contribution in [0, 0.1) is 17.8 Å². The minimum Gasteiger partial charge on any atom is -0.497 e. The van der Waals surface area contributed by atoms with Gasteiger partial charge >= 0.3 is 5.97 Å². The number of hydrogen-bond donors (Lipinski definition) is 3. The lowest BCUT2D eigenvalue weighted by Gasteiger charge is -2.56. The summed E-state index contributed by atoms with van der Waals surface area (Å²) in [5.74, 6) is 4.55. The number of nitrogens with zero attached hydrogens (tertiary/aromatic N) is 1. The van der Waals surface area contributed by atoms with Gasteiger partial charge in [0.1, 0.15) is 5.75 Å². The number of methoxy groups -OCH3 is 1. The van der Waals surface area contributed by atoms with Crippen molar-refractivity contribution in [3.05, 3.63) is 59.7 Å². The summed E-state index contributed by atoms with van der Waals surface area (Å²) >= 11 is 2.18. The van der Waals surface area contributed by atoms with Gasteiger partial charge in [0.05, 0.1) is 19.2 Å². The number of ether oxygens (including phenoxy) is 1. The third kappa shape index (κ3) is 5.95. The molecule has 35 heavy (non-hydrogen) atoms. The Balaban J connectivity index is 1.21. The maximum atomic E-state index is 11.2. The lowest BCUT2D eigenvalue weighted by molar-refractivity contribution is 0.0383. The number of carboxylic acid groups (broad SMARTS) is 1. The van der Waals surface area contributed by atoms with Gasteiger partial charge in [0.15, 0.2) is 5.96 Å². The van der Waals surface area contributed by atoms with Crippen molar-refractivity contribution in [1.29, 1.82) is 0 Å². The van der Waals surface area contributed by atoms with Gasteiger partial charge in [-0.1, -0.05) is 12.1 Å². The molecule has 6 nitrogen and oxygen atoms in total. The quantitative estimate of drug-likeness (QED) is 0.238. The minimum absolute atomic E-state index is 0.269. The Morgan fingerprint density at radius 2 is 1.77 bits per heavy atom. The molecule has 0 radical (unpaired) electrons. The highest BCUT2D eigenvalue weighted by molar-refractivity contribution is 8.00. The van der Waals surface area contributed by atoms with Crippen molar-refractivity contribution in [2.24, 2.45) is 22.7 Å². The van der Waals surface area contributed by atoms with Crippen molar-refractivity contribution in [1.82, 2.24) is 5.32 Å². The lowest BCUT2D eigenvalue weighted by atomic mass is 9.56. The van der Waals surface area contributed by atoms with Crippen LogP contribution in [0.25, 0.3) is 0 Å². The van der Waals surface area contributed by atoms with Crippen molar-refractivity contribution in [2.75, 3.05) is 24.7 Å². The van der Waals surface area contributed by atoms with Crippen LogP contribution >= 0.6 is 11.8 Å². The molecule has 3 N–H and O–H groups in total. The Morgan fingerprint density at radius 1 is 1.09 bits per heavy atom. The second kappa shape index (κ2) is 10.5. The number of aromatic carboxylic acids is 1. The fourth-order valence-electron chi connectivity index (χ4n) is 6.56. The summed E-state index contributed by atoms with van der Waals surface area (Å²) in [6, 6.07) is 14.7. The van der Waals surface area contributed by atoms with E-state index in [0.717, 1.165) is 47.1 Å². The Morgan fingerprint density at radius 3 is 2.40 bits per heavy atom. The molecule has 0 heterocycles. The van der Waals surface area contributed by atoms with Gasteiger partial charge in [-0.2, -0.15) is 11.8 Å². The largest absolute Gasteiger partial charge is 0.497 e. The fourth-order valence-corrected chi connectivity index (χ4v) is 8.26. The molecule has 186 valence electrons. The number of hydrogen-bond acceptors (Lipinski definition) is 4. The van der Waals surface area contributed by atoms with Crippen LogP contribution in [0.5, 0.6) is 5.75 Å². The normalized spacial score (nSPS) is 27.0. The molecule has 0 amide bonds. The molecule has 7 heteroatoms. The summed E-state index contributed by atoms with van der Waals surface area (Å²) < 4.78 is 5.85. The van der Waals surface area contributed by atoms with E-state index in [1.54, 1.807) is 31.4 Å². The third-order valence-corrected chi connectivity index (χ3v) is 9.25. The highest BCUT2D eigenvalue weighted by Crippen LogP contribution is 2.60. The molecule has 0 unspecified atom stereocenters. The number of guanidine groups is 1. The van der Waals surface area contributed by atoms with Crippen LogP contribution in [-0.2, 0) is 6.54 Å². The third-order valence-electron chi connectivity index (χ3n) is 7.73. The van der Waals surface area contributed by atoms with E-state index in [-0.39, 0.29) is 5.56 Å². The Kier molecular flexibility index (Phi) is 7.23. The molecule has 0 spiro atoms. The minimum atomic E-state index is -0.928. The van der Waals surface area contributed by atoms with E-state index in [1.165, 1.54) is 38.5 Å². The van der Waals surface area contributed by atoms with Gasteiger partial charge in [-0.25, -0.2) is 9.79 Å². The van der Waals surface area contributed by atoms with Crippen LogP contribution < -0.4 is 15.4 Å². The van der Waals surface area contributed by atoms with Crippen LogP contribution in [0.15, 0.2) is 53.5 Å². The van der Waals surface area contributed by atoms with Crippen molar-refractivity contribution < 1.29 is 14.6 Å². The first-order valence-corrected chi connectivity index (χ1v) is 13.6. The van der Waals surface area contributed by atoms with Gasteiger partial charge < -0.3 is 20.5 Å². The van der Waals surface area contributed by atoms with Gasteiger partial charge in [-0.05, 0) is 98.2 Å². The molecule has 4 aliphatic rings. The molecule has 4 aliphatic carbocycles.